The summed E-state index contributed by atoms with van der Waals surface area (Å²) in [5.74, 6) is 1.36. The lowest BCUT2D eigenvalue weighted by atomic mass is 10.1. The molecule has 0 spiro atoms. The quantitative estimate of drug-likeness (QED) is 0.106. The molecule has 16 nitrogen and oxygen atoms in total. The van der Waals surface area contributed by atoms with Gasteiger partial charge in [-0.3, -0.25) is 9.59 Å². The van der Waals surface area contributed by atoms with Gasteiger partial charge < -0.3 is 50.3 Å². The van der Waals surface area contributed by atoms with Crippen molar-refractivity contribution in [1.29, 1.82) is 0 Å². The van der Waals surface area contributed by atoms with E-state index in [-0.39, 0.29) is 23.9 Å². The zero-order valence-corrected chi connectivity index (χ0v) is 33.4. The summed E-state index contributed by atoms with van der Waals surface area (Å²) < 4.78 is 8.57. The van der Waals surface area contributed by atoms with E-state index < -0.39 is 24.3 Å². The van der Waals surface area contributed by atoms with Gasteiger partial charge in [-0.1, -0.05) is 37.3 Å². The highest BCUT2D eigenvalue weighted by molar-refractivity contribution is 5.87. The van der Waals surface area contributed by atoms with Gasteiger partial charge in [-0.15, -0.1) is 0 Å². The minimum Gasteiger partial charge on any atom is -0.453 e. The number of benzene rings is 3. The Labute approximate surface area is 337 Å². The SMILES string of the molecule is CCCC(=O)N1CCC[C@H]1c1nc2ccc(CN(Cc3ccc4nc(C5CCCN5C(=O)C(NC(=O)OC)C(C)O)[nH]c4c3)c3ccccc3)cc2[nH]1.COC(N)=O. The minimum atomic E-state index is -1.13. The zero-order valence-electron chi connectivity index (χ0n) is 33.4. The van der Waals surface area contributed by atoms with Crippen LogP contribution < -0.4 is 16.0 Å². The number of primary amides is 1. The Bertz CT molecular complexity index is 2200. The van der Waals surface area contributed by atoms with Crippen molar-refractivity contribution in [3.8, 4) is 0 Å². The molecule has 2 aliphatic rings. The second kappa shape index (κ2) is 18.9. The molecule has 4 heterocycles. The fraction of sp³-hybridized carbons (Fsp3) is 0.429. The zero-order chi connectivity index (χ0) is 41.3. The van der Waals surface area contributed by atoms with Crippen molar-refractivity contribution < 1.29 is 33.8 Å². The molecule has 4 atom stereocenters. The number of methoxy groups -OCH3 is 2. The predicted molar refractivity (Wildman–Crippen MR) is 218 cm³/mol. The number of hydrogen-bond acceptors (Lipinski definition) is 10. The molecule has 308 valence electrons. The van der Waals surface area contributed by atoms with Gasteiger partial charge in [0.2, 0.25) is 11.8 Å². The Hall–Kier alpha value is -6.16. The number of hydrogen-bond donors (Lipinski definition) is 5. The summed E-state index contributed by atoms with van der Waals surface area (Å²) in [6, 6.07) is 21.4. The fourth-order valence-corrected chi connectivity index (χ4v) is 7.76. The van der Waals surface area contributed by atoms with Crippen molar-refractivity contribution in [3.63, 3.8) is 0 Å². The van der Waals surface area contributed by atoms with Crippen molar-refractivity contribution in [2.45, 2.75) is 89.7 Å². The van der Waals surface area contributed by atoms with Crippen LogP contribution in [0.1, 0.15) is 87.2 Å². The van der Waals surface area contributed by atoms with E-state index in [1.807, 2.05) is 36.1 Å². The summed E-state index contributed by atoms with van der Waals surface area (Å²) in [5, 5.41) is 12.8. The summed E-state index contributed by atoms with van der Waals surface area (Å²) in [5.41, 5.74) is 11.3. The molecule has 4 amide bonds. The molecule has 2 saturated heterocycles. The van der Waals surface area contributed by atoms with Crippen LogP contribution in [0, 0.1) is 0 Å². The maximum absolute atomic E-state index is 13.5. The smallest absolute Gasteiger partial charge is 0.407 e. The van der Waals surface area contributed by atoms with Gasteiger partial charge in [0, 0.05) is 38.3 Å². The van der Waals surface area contributed by atoms with Crippen molar-refractivity contribution in [2.75, 3.05) is 32.2 Å². The Balaban J connectivity index is 0.00000107. The highest BCUT2D eigenvalue weighted by Gasteiger charge is 2.38. The maximum atomic E-state index is 13.5. The number of rotatable bonds is 12. The molecule has 7 rings (SSSR count). The molecule has 5 aromatic rings. The third-order valence-electron chi connectivity index (χ3n) is 10.6. The van der Waals surface area contributed by atoms with Crippen molar-refractivity contribution >= 4 is 51.8 Å². The number of para-hydroxylation sites is 1. The fourth-order valence-electron chi connectivity index (χ4n) is 7.76. The van der Waals surface area contributed by atoms with E-state index in [4.69, 9.17) is 9.97 Å². The largest absolute Gasteiger partial charge is 0.453 e. The summed E-state index contributed by atoms with van der Waals surface area (Å²) in [6.45, 7) is 6.08. The molecule has 0 saturated carbocycles. The molecular weight excluding hydrogens is 743 g/mol. The average molecular weight is 796 g/mol. The van der Waals surface area contributed by atoms with Crippen LogP contribution in [0.25, 0.3) is 22.1 Å². The van der Waals surface area contributed by atoms with E-state index in [0.29, 0.717) is 38.3 Å². The number of carbonyl (C=O) groups is 4. The Morgan fingerprint density at radius 1 is 0.862 bits per heavy atom. The Kier molecular flexibility index (Phi) is 13.5. The van der Waals surface area contributed by atoms with Crippen LogP contribution >= 0.6 is 0 Å². The van der Waals surface area contributed by atoms with Gasteiger partial charge in [0.05, 0.1) is 54.5 Å². The number of alkyl carbamates (subject to hydrolysis) is 1. The van der Waals surface area contributed by atoms with Crippen LogP contribution in [0.15, 0.2) is 66.7 Å². The Morgan fingerprint density at radius 2 is 1.40 bits per heavy atom. The first-order valence-electron chi connectivity index (χ1n) is 19.7. The summed E-state index contributed by atoms with van der Waals surface area (Å²) >= 11 is 0. The molecule has 3 unspecified atom stereocenters. The molecule has 3 aromatic carbocycles. The van der Waals surface area contributed by atoms with Gasteiger partial charge >= 0.3 is 12.2 Å². The normalized spacial score (nSPS) is 17.4. The van der Waals surface area contributed by atoms with Crippen LogP contribution in [0.5, 0.6) is 0 Å². The van der Waals surface area contributed by atoms with E-state index in [2.05, 4.69) is 77.9 Å². The van der Waals surface area contributed by atoms with Gasteiger partial charge in [0.1, 0.15) is 17.7 Å². The van der Waals surface area contributed by atoms with Crippen LogP contribution in [0.4, 0.5) is 15.3 Å². The highest BCUT2D eigenvalue weighted by atomic mass is 16.5. The number of anilines is 1. The van der Waals surface area contributed by atoms with E-state index in [9.17, 15) is 24.3 Å². The third-order valence-corrected chi connectivity index (χ3v) is 10.6. The molecule has 58 heavy (non-hydrogen) atoms. The number of aromatic nitrogens is 4. The summed E-state index contributed by atoms with van der Waals surface area (Å²) in [4.78, 5) is 70.4. The maximum Gasteiger partial charge on any atom is 0.407 e. The monoisotopic (exact) mass is 795 g/mol. The van der Waals surface area contributed by atoms with E-state index in [0.717, 1.165) is 76.9 Å². The number of ether oxygens (including phenoxy) is 2. The summed E-state index contributed by atoms with van der Waals surface area (Å²) in [7, 11) is 2.44. The number of nitrogens with one attached hydrogen (secondary N) is 3. The van der Waals surface area contributed by atoms with Gasteiger partial charge in [-0.25, -0.2) is 19.6 Å². The van der Waals surface area contributed by atoms with Crippen LogP contribution in [-0.4, -0.2) is 98.3 Å². The minimum absolute atomic E-state index is 0.00871. The summed E-state index contributed by atoms with van der Waals surface area (Å²) in [6.07, 6.45) is 2.18. The number of H-pyrrole nitrogens is 2. The van der Waals surface area contributed by atoms with Crippen molar-refractivity contribution in [3.05, 3.63) is 89.5 Å². The second-order valence-corrected chi connectivity index (χ2v) is 14.7. The number of imidazole rings is 2. The second-order valence-electron chi connectivity index (χ2n) is 14.7. The number of likely N-dealkylation sites (tertiary alicyclic amines) is 2. The van der Waals surface area contributed by atoms with E-state index in [1.54, 1.807) is 4.90 Å². The first-order chi connectivity index (χ1) is 28.0. The van der Waals surface area contributed by atoms with Gasteiger partial charge in [-0.2, -0.15) is 0 Å². The van der Waals surface area contributed by atoms with E-state index in [1.165, 1.54) is 21.1 Å². The topological polar surface area (TPSA) is 212 Å². The Morgan fingerprint density at radius 3 is 1.90 bits per heavy atom. The molecule has 2 aliphatic heterocycles. The number of aromatic amines is 2. The number of aliphatic hydroxyl groups is 1. The van der Waals surface area contributed by atoms with Crippen LogP contribution in [0.2, 0.25) is 0 Å². The number of fused-ring (bicyclic) bond motifs is 2. The van der Waals surface area contributed by atoms with E-state index >= 15 is 0 Å². The van der Waals surface area contributed by atoms with Crippen LogP contribution in [-0.2, 0) is 32.2 Å². The molecular formula is C42H53N9O7. The first kappa shape index (κ1) is 41.5. The first-order valence-corrected chi connectivity index (χ1v) is 19.7. The lowest BCUT2D eigenvalue weighted by Gasteiger charge is -2.29. The number of nitrogens with two attached hydrogens (primary N) is 1. The van der Waals surface area contributed by atoms with Crippen LogP contribution in [0.3, 0.4) is 0 Å². The predicted octanol–water partition coefficient (Wildman–Crippen LogP) is 5.59. The lowest BCUT2D eigenvalue weighted by molar-refractivity contribution is -0.137. The van der Waals surface area contributed by atoms with Crippen molar-refractivity contribution in [1.82, 2.24) is 35.1 Å². The van der Waals surface area contributed by atoms with Gasteiger partial charge in [0.15, 0.2) is 0 Å². The third kappa shape index (κ3) is 9.68. The molecule has 0 bridgehead atoms. The number of carbonyl (C=O) groups excluding carboxylic acids is 4. The standard InChI is InChI=1S/C40H48N8O5.C2H5NO2/c1-4-10-35(50)47-19-8-13-33(47)37-41-29-17-15-26(21-31(29)43-37)23-46(28-11-6-5-7-12-28)24-27-16-18-30-32(22-27)44-38(42-30)34-14-9-20-48(34)39(51)36(25(2)49)45-40(52)53-3;1-5-2(3)4/h5-7,11-12,15-18,21-22,25,33-34,36,49H,4,8-10,13-14,19-20,23-24H2,1-3H3,(H,41,43)(H,42,44)(H,45,52);1H3,(H2,3,4)/t25?,33-,34?,36?;/m0./s1. The average Bonchev–Trinajstić information content (AvgIpc) is 4.05. The molecule has 2 aromatic heterocycles. The number of aliphatic hydroxyl groups excluding tert-OH is 1. The molecule has 0 aliphatic carbocycles. The molecule has 6 N–H and O–H groups in total. The molecule has 0 radical (unpaired) electrons. The molecule has 16 heteroatoms. The number of nitrogens with zero attached hydrogens (tertiary/aromatic N) is 5. The lowest BCUT2D eigenvalue weighted by Crippen LogP contribution is -2.53. The number of amides is 4. The highest BCUT2D eigenvalue weighted by Crippen LogP contribution is 2.34. The van der Waals surface area contributed by atoms with Gasteiger partial charge in [-0.05, 0) is 86.6 Å². The van der Waals surface area contributed by atoms with Crippen molar-refractivity contribution in [2.24, 2.45) is 5.73 Å². The molecule has 2 fully saturated rings. The van der Waals surface area contributed by atoms with Gasteiger partial charge in [0.25, 0.3) is 0 Å².